The lowest BCUT2D eigenvalue weighted by Gasteiger charge is -2.40. The van der Waals surface area contributed by atoms with Crippen LogP contribution in [0.3, 0.4) is 0 Å². The Hall–Kier alpha value is -3.31. The molecule has 8 heteroatoms. The average molecular weight is 373 g/mol. The van der Waals surface area contributed by atoms with Gasteiger partial charge in [0.2, 0.25) is 0 Å². The van der Waals surface area contributed by atoms with Gasteiger partial charge in [-0.3, -0.25) is 9.88 Å². The number of nitrogens with zero attached hydrogens (tertiary/aromatic N) is 7. The quantitative estimate of drug-likeness (QED) is 0.691. The normalized spacial score (nSPS) is 22.0. The van der Waals surface area contributed by atoms with Gasteiger partial charge in [-0.1, -0.05) is 5.16 Å². The van der Waals surface area contributed by atoms with Crippen LogP contribution in [-0.2, 0) is 0 Å². The fourth-order valence-corrected chi connectivity index (χ4v) is 4.29. The summed E-state index contributed by atoms with van der Waals surface area (Å²) in [4.78, 5) is 17.4. The molecule has 2 saturated heterocycles. The summed E-state index contributed by atoms with van der Waals surface area (Å²) in [6.45, 7) is 2.55. The van der Waals surface area contributed by atoms with Crippen LogP contribution in [-0.4, -0.2) is 50.7 Å². The van der Waals surface area contributed by atoms with Gasteiger partial charge in [-0.25, -0.2) is 9.97 Å². The number of aromatic nitrogens is 4. The minimum atomic E-state index is 0.263. The molecule has 5 heterocycles. The van der Waals surface area contributed by atoms with Gasteiger partial charge < -0.3 is 9.42 Å². The Bertz CT molecular complexity index is 1010. The highest BCUT2D eigenvalue weighted by atomic mass is 16.5. The van der Waals surface area contributed by atoms with Crippen molar-refractivity contribution in [2.45, 2.75) is 24.9 Å². The second kappa shape index (κ2) is 7.02. The van der Waals surface area contributed by atoms with Crippen molar-refractivity contribution >= 4 is 5.82 Å². The molecule has 0 N–H and O–H groups in total. The van der Waals surface area contributed by atoms with Gasteiger partial charge in [0.25, 0.3) is 0 Å². The van der Waals surface area contributed by atoms with E-state index in [4.69, 9.17) is 4.52 Å². The Morgan fingerprint density at radius 1 is 1.14 bits per heavy atom. The molecule has 0 unspecified atom stereocenters. The lowest BCUT2D eigenvalue weighted by atomic mass is 10.1. The first-order chi connectivity index (χ1) is 13.8. The molecule has 8 nitrogen and oxygen atoms in total. The Balaban J connectivity index is 1.33. The standard InChI is InChI=1S/C20H19N7O/c21-11-17-20(24-7-6-23-17)26-8-9-27-15(13-26)3-4-18(27)16-10-19(28-25-16)14-2-1-5-22-12-14/h1-2,5-7,10,12,15,18H,3-4,8-9,13H2/t15-,18+/m0/s1. The zero-order chi connectivity index (χ0) is 18.9. The van der Waals surface area contributed by atoms with Gasteiger partial charge in [0.05, 0.1) is 6.04 Å². The third kappa shape index (κ3) is 2.90. The predicted octanol–water partition coefficient (Wildman–Crippen LogP) is 2.42. The van der Waals surface area contributed by atoms with Gasteiger partial charge in [0, 0.05) is 62.1 Å². The van der Waals surface area contributed by atoms with Gasteiger partial charge in [-0.15, -0.1) is 0 Å². The summed E-state index contributed by atoms with van der Waals surface area (Å²) in [6, 6.07) is 8.72. The smallest absolute Gasteiger partial charge is 0.183 e. The first-order valence-electron chi connectivity index (χ1n) is 9.42. The largest absolute Gasteiger partial charge is 0.356 e. The summed E-state index contributed by atoms with van der Waals surface area (Å²) in [5.74, 6) is 1.44. The molecule has 0 spiro atoms. The number of pyridine rings is 1. The van der Waals surface area contributed by atoms with Crippen molar-refractivity contribution in [2.24, 2.45) is 0 Å². The Labute approximate surface area is 162 Å². The maximum Gasteiger partial charge on any atom is 0.183 e. The number of piperazine rings is 1. The van der Waals surface area contributed by atoms with Gasteiger partial charge >= 0.3 is 0 Å². The third-order valence-electron chi connectivity index (χ3n) is 5.60. The number of fused-ring (bicyclic) bond motifs is 1. The zero-order valence-electron chi connectivity index (χ0n) is 15.3. The first kappa shape index (κ1) is 16.8. The second-order valence-corrected chi connectivity index (χ2v) is 7.13. The Morgan fingerprint density at radius 3 is 2.93 bits per heavy atom. The molecule has 0 radical (unpaired) electrons. The molecule has 5 rings (SSSR count). The summed E-state index contributed by atoms with van der Waals surface area (Å²) < 4.78 is 5.58. The van der Waals surface area contributed by atoms with Crippen LogP contribution in [0.1, 0.15) is 30.3 Å². The van der Waals surface area contributed by atoms with Crippen molar-refractivity contribution < 1.29 is 4.52 Å². The molecule has 2 atom stereocenters. The van der Waals surface area contributed by atoms with Crippen molar-refractivity contribution in [1.29, 1.82) is 5.26 Å². The van der Waals surface area contributed by atoms with E-state index in [9.17, 15) is 5.26 Å². The molecule has 28 heavy (non-hydrogen) atoms. The SMILES string of the molecule is N#Cc1nccnc1N1CCN2[C@@H](CC[C@@H]2c2cc(-c3cccnc3)on2)C1. The first-order valence-corrected chi connectivity index (χ1v) is 9.42. The van der Waals surface area contributed by atoms with E-state index in [1.165, 1.54) is 0 Å². The van der Waals surface area contributed by atoms with Gasteiger partial charge in [0.1, 0.15) is 11.8 Å². The molecule has 0 aromatic carbocycles. The molecule has 140 valence electrons. The summed E-state index contributed by atoms with van der Waals surface area (Å²) in [5.41, 5.74) is 2.31. The van der Waals surface area contributed by atoms with E-state index in [0.717, 1.165) is 49.5 Å². The third-order valence-corrected chi connectivity index (χ3v) is 5.60. The minimum absolute atomic E-state index is 0.263. The van der Waals surface area contributed by atoms with E-state index >= 15 is 0 Å². The Morgan fingerprint density at radius 2 is 2.07 bits per heavy atom. The molecule has 0 bridgehead atoms. The molecule has 3 aromatic heterocycles. The molecule has 2 fully saturated rings. The maximum absolute atomic E-state index is 9.31. The highest BCUT2D eigenvalue weighted by Gasteiger charge is 2.40. The molecule has 2 aliphatic rings. The topological polar surface area (TPSA) is 95.0 Å². The summed E-state index contributed by atoms with van der Waals surface area (Å²) >= 11 is 0. The maximum atomic E-state index is 9.31. The van der Waals surface area contributed by atoms with Crippen molar-refractivity contribution in [3.8, 4) is 17.4 Å². The second-order valence-electron chi connectivity index (χ2n) is 7.13. The summed E-state index contributed by atoms with van der Waals surface area (Å²) in [6.07, 6.45) is 8.87. The fourth-order valence-electron chi connectivity index (χ4n) is 4.29. The number of anilines is 1. The van der Waals surface area contributed by atoms with Crippen LogP contribution in [0, 0.1) is 11.3 Å². The molecule has 0 aliphatic carbocycles. The minimum Gasteiger partial charge on any atom is -0.356 e. The number of nitriles is 1. The fraction of sp³-hybridized carbons (Fsp3) is 0.350. The van der Waals surface area contributed by atoms with E-state index in [0.29, 0.717) is 17.6 Å². The lowest BCUT2D eigenvalue weighted by molar-refractivity contribution is 0.170. The van der Waals surface area contributed by atoms with E-state index in [-0.39, 0.29) is 6.04 Å². The predicted molar refractivity (Wildman–Crippen MR) is 101 cm³/mol. The molecule has 3 aromatic rings. The van der Waals surface area contributed by atoms with Gasteiger partial charge in [0.15, 0.2) is 17.3 Å². The van der Waals surface area contributed by atoms with Crippen LogP contribution in [0.2, 0.25) is 0 Å². The summed E-state index contributed by atoms with van der Waals surface area (Å²) in [7, 11) is 0. The molecule has 2 aliphatic heterocycles. The number of rotatable bonds is 3. The van der Waals surface area contributed by atoms with E-state index in [1.54, 1.807) is 24.8 Å². The van der Waals surface area contributed by atoms with Crippen molar-refractivity contribution in [2.75, 3.05) is 24.5 Å². The average Bonchev–Trinajstić information content (AvgIpc) is 3.41. The van der Waals surface area contributed by atoms with Crippen LogP contribution in [0.15, 0.2) is 47.5 Å². The van der Waals surface area contributed by atoms with E-state index < -0.39 is 0 Å². The van der Waals surface area contributed by atoms with Crippen LogP contribution < -0.4 is 4.90 Å². The summed E-state index contributed by atoms with van der Waals surface area (Å²) in [5, 5.41) is 13.7. The van der Waals surface area contributed by atoms with E-state index in [1.807, 2.05) is 18.2 Å². The number of hydrogen-bond acceptors (Lipinski definition) is 8. The van der Waals surface area contributed by atoms with Crippen molar-refractivity contribution in [3.63, 3.8) is 0 Å². The molecular weight excluding hydrogens is 354 g/mol. The van der Waals surface area contributed by atoms with E-state index in [2.05, 4.69) is 36.0 Å². The van der Waals surface area contributed by atoms with Crippen molar-refractivity contribution in [1.82, 2.24) is 25.0 Å². The Kier molecular flexibility index (Phi) is 4.22. The van der Waals surface area contributed by atoms with Crippen molar-refractivity contribution in [3.05, 3.63) is 54.4 Å². The molecule has 0 amide bonds. The van der Waals surface area contributed by atoms with Crippen LogP contribution in [0.5, 0.6) is 0 Å². The monoisotopic (exact) mass is 373 g/mol. The lowest BCUT2D eigenvalue weighted by Crippen LogP contribution is -2.51. The highest BCUT2D eigenvalue weighted by Crippen LogP contribution is 2.39. The number of hydrogen-bond donors (Lipinski definition) is 0. The molecular formula is C20H19N7O. The zero-order valence-corrected chi connectivity index (χ0v) is 15.3. The highest BCUT2D eigenvalue weighted by molar-refractivity contribution is 5.56. The van der Waals surface area contributed by atoms with Crippen LogP contribution >= 0.6 is 0 Å². The van der Waals surface area contributed by atoms with Gasteiger partial charge in [-0.2, -0.15) is 5.26 Å². The van der Waals surface area contributed by atoms with Crippen LogP contribution in [0.4, 0.5) is 5.82 Å². The van der Waals surface area contributed by atoms with Crippen LogP contribution in [0.25, 0.3) is 11.3 Å². The van der Waals surface area contributed by atoms with Gasteiger partial charge in [-0.05, 0) is 25.0 Å². The molecule has 0 saturated carbocycles.